The lowest BCUT2D eigenvalue weighted by molar-refractivity contribution is -0.148. The van der Waals surface area contributed by atoms with Gasteiger partial charge in [-0.3, -0.25) is 4.79 Å². The van der Waals surface area contributed by atoms with Crippen LogP contribution in [-0.4, -0.2) is 17.7 Å². The van der Waals surface area contributed by atoms with Gasteiger partial charge in [-0.05, 0) is 26.0 Å². The van der Waals surface area contributed by atoms with Crippen LogP contribution in [0, 0.1) is 5.41 Å². The van der Waals surface area contributed by atoms with E-state index in [9.17, 15) is 4.79 Å². The lowest BCUT2D eigenvalue weighted by Gasteiger charge is -2.20. The van der Waals surface area contributed by atoms with E-state index < -0.39 is 11.4 Å². The van der Waals surface area contributed by atoms with Crippen molar-refractivity contribution in [1.82, 2.24) is 0 Å². The molecule has 1 aromatic carbocycles. The van der Waals surface area contributed by atoms with E-state index >= 15 is 0 Å². The molecule has 0 saturated carbocycles. The molecule has 0 unspecified atom stereocenters. The summed E-state index contributed by atoms with van der Waals surface area (Å²) < 4.78 is 5.36. The molecule has 1 aromatic rings. The highest BCUT2D eigenvalue weighted by atomic mass is 35.5. The second-order valence-corrected chi connectivity index (χ2v) is 4.54. The van der Waals surface area contributed by atoms with E-state index in [-0.39, 0.29) is 6.61 Å². The number of benzene rings is 1. The summed E-state index contributed by atoms with van der Waals surface area (Å²) in [6, 6.07) is 4.99. The fourth-order valence-corrected chi connectivity index (χ4v) is 1.23. The Morgan fingerprint density at radius 2 is 2.19 bits per heavy atom. The third-order valence-electron chi connectivity index (χ3n) is 2.15. The number of ether oxygens (including phenoxy) is 1. The van der Waals surface area contributed by atoms with Crippen LogP contribution < -0.4 is 10.5 Å². The number of carboxylic acids is 1. The Morgan fingerprint density at radius 3 is 2.69 bits per heavy atom. The molecule has 0 aromatic heterocycles. The molecule has 3 N–H and O–H groups in total. The number of anilines is 1. The smallest absolute Gasteiger partial charge is 0.312 e. The van der Waals surface area contributed by atoms with E-state index in [0.29, 0.717) is 16.5 Å². The molecule has 0 amide bonds. The van der Waals surface area contributed by atoms with Crippen LogP contribution in [-0.2, 0) is 4.79 Å². The maximum Gasteiger partial charge on any atom is 0.312 e. The zero-order valence-electron chi connectivity index (χ0n) is 9.16. The largest absolute Gasteiger partial charge is 0.489 e. The standard InChI is InChI=1S/C11H14ClNO3/c1-11(2,10(14)15)6-16-9-7(12)4-3-5-8(9)13/h3-5H,6,13H2,1-2H3,(H,14,15). The minimum Gasteiger partial charge on any atom is -0.489 e. The Hall–Kier alpha value is -1.42. The minimum atomic E-state index is -0.981. The second-order valence-electron chi connectivity index (χ2n) is 4.14. The lowest BCUT2D eigenvalue weighted by atomic mass is 9.95. The van der Waals surface area contributed by atoms with E-state index in [1.807, 2.05) is 0 Å². The summed E-state index contributed by atoms with van der Waals surface area (Å²) in [7, 11) is 0. The molecular formula is C11H14ClNO3. The number of halogens is 1. The zero-order valence-corrected chi connectivity index (χ0v) is 9.91. The van der Waals surface area contributed by atoms with Gasteiger partial charge in [-0.1, -0.05) is 17.7 Å². The fourth-order valence-electron chi connectivity index (χ4n) is 0.992. The van der Waals surface area contributed by atoms with Crippen molar-refractivity contribution in [3.05, 3.63) is 23.2 Å². The van der Waals surface area contributed by atoms with Crippen LogP contribution in [0.2, 0.25) is 5.02 Å². The van der Waals surface area contributed by atoms with Gasteiger partial charge in [-0.25, -0.2) is 0 Å². The van der Waals surface area contributed by atoms with Gasteiger partial charge >= 0.3 is 5.97 Å². The number of nitrogens with two attached hydrogens (primary N) is 1. The number of nitrogen functional groups attached to an aromatic ring is 1. The second kappa shape index (κ2) is 4.61. The van der Waals surface area contributed by atoms with Crippen molar-refractivity contribution in [2.75, 3.05) is 12.3 Å². The first-order chi connectivity index (χ1) is 7.34. The summed E-state index contributed by atoms with van der Waals surface area (Å²) in [6.45, 7) is 3.15. The Kier molecular flexibility index (Phi) is 3.65. The lowest BCUT2D eigenvalue weighted by Crippen LogP contribution is -2.30. The molecule has 0 radical (unpaired) electrons. The quantitative estimate of drug-likeness (QED) is 0.797. The predicted molar refractivity (Wildman–Crippen MR) is 62.8 cm³/mol. The van der Waals surface area contributed by atoms with Crippen molar-refractivity contribution >= 4 is 23.3 Å². The van der Waals surface area contributed by atoms with Crippen LogP contribution in [0.5, 0.6) is 5.75 Å². The molecular weight excluding hydrogens is 230 g/mol. The summed E-state index contributed by atoms with van der Waals surface area (Å²) in [5.41, 5.74) is 5.09. The molecule has 4 nitrogen and oxygen atoms in total. The number of hydrogen-bond donors (Lipinski definition) is 2. The van der Waals surface area contributed by atoms with Crippen LogP contribution in [0.1, 0.15) is 13.8 Å². The summed E-state index contributed by atoms with van der Waals surface area (Å²) in [4.78, 5) is 10.9. The third kappa shape index (κ3) is 2.79. The number of carboxylic acid groups (broad SMARTS) is 1. The molecule has 0 atom stereocenters. The van der Waals surface area contributed by atoms with Crippen molar-refractivity contribution in [2.45, 2.75) is 13.8 Å². The van der Waals surface area contributed by atoms with Crippen LogP contribution in [0.4, 0.5) is 5.69 Å². The summed E-state index contributed by atoms with van der Waals surface area (Å²) in [5, 5.41) is 9.29. The monoisotopic (exact) mass is 243 g/mol. The van der Waals surface area contributed by atoms with Gasteiger partial charge in [0.2, 0.25) is 0 Å². The van der Waals surface area contributed by atoms with E-state index in [2.05, 4.69) is 0 Å². The average molecular weight is 244 g/mol. The highest BCUT2D eigenvalue weighted by molar-refractivity contribution is 6.32. The number of hydrogen-bond acceptors (Lipinski definition) is 3. The first kappa shape index (κ1) is 12.6. The van der Waals surface area contributed by atoms with E-state index in [1.165, 1.54) is 0 Å². The molecule has 0 saturated heterocycles. The average Bonchev–Trinajstić information content (AvgIpc) is 2.16. The summed E-state index contributed by atoms with van der Waals surface area (Å²) in [5.74, 6) is -0.600. The zero-order chi connectivity index (χ0) is 12.3. The maximum atomic E-state index is 10.9. The highest BCUT2D eigenvalue weighted by Gasteiger charge is 2.28. The van der Waals surface area contributed by atoms with Gasteiger partial charge in [0.25, 0.3) is 0 Å². The molecule has 0 fully saturated rings. The molecule has 1 rings (SSSR count). The number of rotatable bonds is 4. The molecule has 0 bridgehead atoms. The highest BCUT2D eigenvalue weighted by Crippen LogP contribution is 2.31. The van der Waals surface area contributed by atoms with Gasteiger partial charge in [0.1, 0.15) is 6.61 Å². The van der Waals surface area contributed by atoms with Gasteiger partial charge in [0.05, 0.1) is 16.1 Å². The van der Waals surface area contributed by atoms with Crippen LogP contribution in [0.15, 0.2) is 18.2 Å². The van der Waals surface area contributed by atoms with Crippen LogP contribution in [0.3, 0.4) is 0 Å². The van der Waals surface area contributed by atoms with Gasteiger partial charge in [-0.2, -0.15) is 0 Å². The van der Waals surface area contributed by atoms with Gasteiger partial charge in [-0.15, -0.1) is 0 Å². The molecule has 0 heterocycles. The first-order valence-electron chi connectivity index (χ1n) is 4.75. The molecule has 5 heteroatoms. The number of para-hydroxylation sites is 1. The topological polar surface area (TPSA) is 72.5 Å². The Labute approximate surface area is 99.0 Å². The molecule has 16 heavy (non-hydrogen) atoms. The normalized spacial score (nSPS) is 11.2. The Balaban J connectivity index is 2.79. The van der Waals surface area contributed by atoms with E-state index in [0.717, 1.165) is 0 Å². The molecule has 0 spiro atoms. The summed E-state index contributed by atoms with van der Waals surface area (Å²) in [6.07, 6.45) is 0. The number of aliphatic carboxylic acids is 1. The Morgan fingerprint density at radius 1 is 1.56 bits per heavy atom. The van der Waals surface area contributed by atoms with Crippen LogP contribution in [0.25, 0.3) is 0 Å². The maximum absolute atomic E-state index is 10.9. The SMILES string of the molecule is CC(C)(COc1c(N)cccc1Cl)C(=O)O. The third-order valence-corrected chi connectivity index (χ3v) is 2.45. The predicted octanol–water partition coefficient (Wildman–Crippen LogP) is 2.41. The van der Waals surface area contributed by atoms with Crippen LogP contribution >= 0.6 is 11.6 Å². The Bertz CT molecular complexity index is 384. The van der Waals surface area contributed by atoms with Crippen molar-refractivity contribution in [1.29, 1.82) is 0 Å². The molecule has 0 aliphatic carbocycles. The van der Waals surface area contributed by atoms with Crippen molar-refractivity contribution in [2.24, 2.45) is 5.41 Å². The number of carbonyl (C=O) groups is 1. The van der Waals surface area contributed by atoms with E-state index in [1.54, 1.807) is 32.0 Å². The first-order valence-corrected chi connectivity index (χ1v) is 5.12. The molecule has 0 aliphatic rings. The fraction of sp³-hybridized carbons (Fsp3) is 0.364. The molecule has 88 valence electrons. The van der Waals surface area contributed by atoms with Crippen molar-refractivity contribution < 1.29 is 14.6 Å². The molecule has 0 aliphatic heterocycles. The minimum absolute atomic E-state index is 0.0102. The van der Waals surface area contributed by atoms with Gasteiger partial charge in [0.15, 0.2) is 5.75 Å². The van der Waals surface area contributed by atoms with Gasteiger partial charge in [0, 0.05) is 0 Å². The van der Waals surface area contributed by atoms with Crippen molar-refractivity contribution in [3.63, 3.8) is 0 Å². The van der Waals surface area contributed by atoms with E-state index in [4.69, 9.17) is 27.2 Å². The summed E-state index contributed by atoms with van der Waals surface area (Å²) >= 11 is 5.89. The van der Waals surface area contributed by atoms with Gasteiger partial charge < -0.3 is 15.6 Å². The van der Waals surface area contributed by atoms with Crippen molar-refractivity contribution in [3.8, 4) is 5.75 Å².